The van der Waals surface area contributed by atoms with Gasteiger partial charge in [0.2, 0.25) is 0 Å². The molecule has 0 spiro atoms. The van der Waals surface area contributed by atoms with Crippen molar-refractivity contribution in [1.82, 2.24) is 15.1 Å². The van der Waals surface area contributed by atoms with Crippen LogP contribution in [0.3, 0.4) is 0 Å². The minimum atomic E-state index is -0.268. The fourth-order valence-electron chi connectivity index (χ4n) is 3.90. The summed E-state index contributed by atoms with van der Waals surface area (Å²) in [5, 5.41) is 3.32. The van der Waals surface area contributed by atoms with Gasteiger partial charge in [-0.25, -0.2) is 4.39 Å². The van der Waals surface area contributed by atoms with Gasteiger partial charge in [0, 0.05) is 56.3 Å². The molecule has 4 rings (SSSR count). The highest BCUT2D eigenvalue weighted by molar-refractivity contribution is 7.99. The minimum Gasteiger partial charge on any atom is -0.329 e. The lowest BCUT2D eigenvalue weighted by Gasteiger charge is -2.36. The predicted octanol–water partition coefficient (Wildman–Crippen LogP) is 3.16. The number of carbonyl (C=O) groups excluding carboxylic acids is 1. The highest BCUT2D eigenvalue weighted by Crippen LogP contribution is 2.25. The third kappa shape index (κ3) is 4.57. The van der Waals surface area contributed by atoms with Crippen molar-refractivity contribution in [3.8, 4) is 0 Å². The smallest absolute Gasteiger partial charge is 0.254 e. The molecule has 0 radical (unpaired) electrons. The van der Waals surface area contributed by atoms with Gasteiger partial charge in [-0.15, -0.1) is 0 Å². The van der Waals surface area contributed by atoms with Crippen LogP contribution in [0.1, 0.15) is 27.5 Å². The van der Waals surface area contributed by atoms with E-state index in [2.05, 4.69) is 22.3 Å². The number of hydrogen-bond donors (Lipinski definition) is 1. The van der Waals surface area contributed by atoms with E-state index in [0.717, 1.165) is 31.7 Å². The Labute approximate surface area is 170 Å². The molecule has 1 unspecified atom stereocenters. The van der Waals surface area contributed by atoms with Crippen LogP contribution in [0.15, 0.2) is 48.5 Å². The number of nitrogens with zero attached hydrogens (tertiary/aromatic N) is 2. The zero-order valence-electron chi connectivity index (χ0n) is 15.9. The Balaban J connectivity index is 1.47. The number of benzene rings is 2. The lowest BCUT2D eigenvalue weighted by atomic mass is 10.0. The predicted molar refractivity (Wildman–Crippen MR) is 112 cm³/mol. The summed E-state index contributed by atoms with van der Waals surface area (Å²) in [4.78, 5) is 17.5. The van der Waals surface area contributed by atoms with Crippen molar-refractivity contribution in [3.05, 3.63) is 71.0 Å². The number of hydrogen-bond acceptors (Lipinski definition) is 4. The molecular formula is C22H26FN3OS. The van der Waals surface area contributed by atoms with Gasteiger partial charge < -0.3 is 10.2 Å². The number of thioether (sulfide) groups is 1. The van der Waals surface area contributed by atoms with E-state index >= 15 is 0 Å². The molecule has 0 bridgehead atoms. The van der Waals surface area contributed by atoms with Crippen LogP contribution >= 0.6 is 11.8 Å². The fourth-order valence-corrected chi connectivity index (χ4v) is 4.87. The van der Waals surface area contributed by atoms with E-state index < -0.39 is 0 Å². The van der Waals surface area contributed by atoms with Gasteiger partial charge in [-0.2, -0.15) is 11.8 Å². The summed E-state index contributed by atoms with van der Waals surface area (Å²) in [5.74, 6) is 2.13. The second-order valence-electron chi connectivity index (χ2n) is 7.36. The molecule has 2 heterocycles. The summed E-state index contributed by atoms with van der Waals surface area (Å²) in [6.07, 6.45) is 0. The lowest BCUT2D eigenvalue weighted by Crippen LogP contribution is -2.48. The Hall–Kier alpha value is -1.89. The van der Waals surface area contributed by atoms with Gasteiger partial charge in [-0.3, -0.25) is 9.69 Å². The number of piperazine rings is 1. The monoisotopic (exact) mass is 399 g/mol. The van der Waals surface area contributed by atoms with Crippen LogP contribution in [0.25, 0.3) is 0 Å². The summed E-state index contributed by atoms with van der Waals surface area (Å²) in [7, 11) is 0. The van der Waals surface area contributed by atoms with Crippen LogP contribution in [0, 0.1) is 5.82 Å². The largest absolute Gasteiger partial charge is 0.329 e. The molecule has 0 aromatic heterocycles. The first-order valence-electron chi connectivity index (χ1n) is 9.87. The molecule has 1 N–H and O–H groups in total. The van der Waals surface area contributed by atoms with Crippen molar-refractivity contribution in [3.63, 3.8) is 0 Å². The van der Waals surface area contributed by atoms with Crippen molar-refractivity contribution in [1.29, 1.82) is 0 Å². The van der Waals surface area contributed by atoms with Crippen LogP contribution < -0.4 is 5.32 Å². The summed E-state index contributed by atoms with van der Waals surface area (Å²) < 4.78 is 13.7. The van der Waals surface area contributed by atoms with Crippen molar-refractivity contribution in [2.24, 2.45) is 0 Å². The van der Waals surface area contributed by atoms with Crippen LogP contribution in [0.2, 0.25) is 0 Å². The Morgan fingerprint density at radius 3 is 2.64 bits per heavy atom. The number of carbonyl (C=O) groups is 1. The first kappa shape index (κ1) is 19.4. The second kappa shape index (κ2) is 9.07. The molecule has 2 aliphatic heterocycles. The zero-order valence-corrected chi connectivity index (χ0v) is 16.8. The van der Waals surface area contributed by atoms with E-state index in [4.69, 9.17) is 0 Å². The van der Waals surface area contributed by atoms with Gasteiger partial charge in [0.15, 0.2) is 0 Å². The molecule has 2 fully saturated rings. The maximum absolute atomic E-state index is 13.7. The van der Waals surface area contributed by atoms with Crippen LogP contribution in [0.4, 0.5) is 4.39 Å². The molecule has 6 heteroatoms. The molecule has 148 valence electrons. The number of amides is 1. The minimum absolute atomic E-state index is 0.0108. The van der Waals surface area contributed by atoms with E-state index in [9.17, 15) is 9.18 Å². The molecule has 2 saturated heterocycles. The molecule has 0 aliphatic carbocycles. The first-order valence-corrected chi connectivity index (χ1v) is 11.0. The molecule has 0 saturated carbocycles. The number of nitrogens with one attached hydrogen (secondary N) is 1. The summed E-state index contributed by atoms with van der Waals surface area (Å²) >= 11 is 2.01. The van der Waals surface area contributed by atoms with Gasteiger partial charge in [-0.05, 0) is 35.4 Å². The summed E-state index contributed by atoms with van der Waals surface area (Å²) in [6, 6.07) is 14.4. The highest BCUT2D eigenvalue weighted by atomic mass is 32.2. The maximum atomic E-state index is 13.7. The Morgan fingerprint density at radius 2 is 1.89 bits per heavy atom. The molecule has 2 aliphatic rings. The van der Waals surface area contributed by atoms with Gasteiger partial charge in [0.05, 0.1) is 6.04 Å². The van der Waals surface area contributed by atoms with E-state index in [1.54, 1.807) is 6.07 Å². The SMILES string of the molecule is O=C(c1ccc(CN2CCSCC2)cc1)N1CCNCC1c1cccc(F)c1. The Bertz CT molecular complexity index is 808. The molecule has 1 amide bonds. The van der Waals surface area contributed by atoms with Crippen molar-refractivity contribution in [2.75, 3.05) is 44.2 Å². The number of halogens is 1. The van der Waals surface area contributed by atoms with Crippen molar-refractivity contribution >= 4 is 17.7 Å². The fraction of sp³-hybridized carbons (Fsp3) is 0.409. The molecular weight excluding hydrogens is 373 g/mol. The second-order valence-corrected chi connectivity index (χ2v) is 8.58. The average molecular weight is 400 g/mol. The van der Waals surface area contributed by atoms with E-state index in [-0.39, 0.29) is 17.8 Å². The van der Waals surface area contributed by atoms with E-state index in [1.807, 2.05) is 34.9 Å². The van der Waals surface area contributed by atoms with Crippen LogP contribution in [-0.2, 0) is 6.54 Å². The van der Waals surface area contributed by atoms with Gasteiger partial charge >= 0.3 is 0 Å². The van der Waals surface area contributed by atoms with Crippen LogP contribution in [-0.4, -0.2) is 59.9 Å². The van der Waals surface area contributed by atoms with Gasteiger partial charge in [0.25, 0.3) is 5.91 Å². The first-order chi connectivity index (χ1) is 13.7. The lowest BCUT2D eigenvalue weighted by molar-refractivity contribution is 0.0634. The van der Waals surface area contributed by atoms with E-state index in [0.29, 0.717) is 18.7 Å². The normalized spacial score (nSPS) is 20.9. The molecule has 4 nitrogen and oxygen atoms in total. The topological polar surface area (TPSA) is 35.6 Å². The zero-order chi connectivity index (χ0) is 19.3. The Kier molecular flexibility index (Phi) is 6.29. The van der Waals surface area contributed by atoms with Crippen LogP contribution in [0.5, 0.6) is 0 Å². The molecule has 2 aromatic rings. The summed E-state index contributed by atoms with van der Waals surface area (Å²) in [6.45, 7) is 5.20. The highest BCUT2D eigenvalue weighted by Gasteiger charge is 2.28. The van der Waals surface area contributed by atoms with Gasteiger partial charge in [-0.1, -0.05) is 24.3 Å². The van der Waals surface area contributed by atoms with Crippen molar-refractivity contribution in [2.45, 2.75) is 12.6 Å². The standard InChI is InChI=1S/C22H26FN3OS/c23-20-3-1-2-19(14-20)21-15-24-8-9-26(21)22(27)18-6-4-17(5-7-18)16-25-10-12-28-13-11-25/h1-7,14,21,24H,8-13,15-16H2. The maximum Gasteiger partial charge on any atom is 0.254 e. The quantitative estimate of drug-likeness (QED) is 0.857. The molecule has 2 aromatic carbocycles. The van der Waals surface area contributed by atoms with Gasteiger partial charge in [0.1, 0.15) is 5.82 Å². The number of rotatable bonds is 4. The average Bonchev–Trinajstić information content (AvgIpc) is 2.74. The van der Waals surface area contributed by atoms with Crippen molar-refractivity contribution < 1.29 is 9.18 Å². The van der Waals surface area contributed by atoms with E-state index in [1.165, 1.54) is 29.2 Å². The summed E-state index contributed by atoms with van der Waals surface area (Å²) in [5.41, 5.74) is 2.77. The molecule has 28 heavy (non-hydrogen) atoms. The third-order valence-electron chi connectivity index (χ3n) is 5.45. The third-order valence-corrected chi connectivity index (χ3v) is 6.39. The molecule has 1 atom stereocenters. The Morgan fingerprint density at radius 1 is 1.11 bits per heavy atom.